The van der Waals surface area contributed by atoms with Gasteiger partial charge in [0, 0.05) is 6.42 Å². The first-order valence-electron chi connectivity index (χ1n) is 7.34. The number of allylic oxidation sites excluding steroid dienone is 1. The van der Waals surface area contributed by atoms with Crippen molar-refractivity contribution in [1.29, 1.82) is 0 Å². The summed E-state index contributed by atoms with van der Waals surface area (Å²) in [6.07, 6.45) is 4.02. The molecule has 0 aliphatic carbocycles. The van der Waals surface area contributed by atoms with Gasteiger partial charge in [-0.05, 0) is 37.1 Å². The third-order valence-electron chi connectivity index (χ3n) is 3.34. The van der Waals surface area contributed by atoms with Gasteiger partial charge in [0.2, 0.25) is 0 Å². The molecule has 0 bridgehead atoms. The van der Waals surface area contributed by atoms with Gasteiger partial charge < -0.3 is 5.11 Å². The van der Waals surface area contributed by atoms with E-state index in [1.54, 1.807) is 22.3 Å². The summed E-state index contributed by atoms with van der Waals surface area (Å²) in [5.74, 6) is -0.825. The van der Waals surface area contributed by atoms with Crippen molar-refractivity contribution in [3.8, 4) is 0 Å². The molecule has 23 heavy (non-hydrogen) atoms. The Balaban J connectivity index is 1.98. The summed E-state index contributed by atoms with van der Waals surface area (Å²) in [4.78, 5) is 17.1. The molecule has 0 aliphatic rings. The number of carbonyl (C=O) groups is 1. The van der Waals surface area contributed by atoms with Crippen molar-refractivity contribution < 1.29 is 9.90 Å². The zero-order chi connectivity index (χ0) is 16.2. The number of fused-ring (bicyclic) bond motifs is 1. The number of aryl methyl sites for hydroxylation is 1. The van der Waals surface area contributed by atoms with Gasteiger partial charge in [-0.2, -0.15) is 15.0 Å². The fourth-order valence-corrected chi connectivity index (χ4v) is 3.21. The van der Waals surface area contributed by atoms with E-state index in [-0.39, 0.29) is 6.42 Å². The fourth-order valence-electron chi connectivity index (χ4n) is 2.20. The van der Waals surface area contributed by atoms with Gasteiger partial charge in [0.25, 0.3) is 0 Å². The number of hydrogen-bond donors (Lipinski definition) is 1. The second kappa shape index (κ2) is 6.70. The molecule has 3 rings (SSSR count). The van der Waals surface area contributed by atoms with E-state index in [1.165, 1.54) is 0 Å². The maximum atomic E-state index is 10.9. The van der Waals surface area contributed by atoms with E-state index in [9.17, 15) is 4.79 Å². The lowest BCUT2D eigenvalue weighted by atomic mass is 10.1. The Kier molecular flexibility index (Phi) is 4.47. The molecule has 0 atom stereocenters. The molecule has 3 aromatic rings. The predicted octanol–water partition coefficient (Wildman–Crippen LogP) is 3.31. The summed E-state index contributed by atoms with van der Waals surface area (Å²) >= 11 is 1.56. The van der Waals surface area contributed by atoms with Gasteiger partial charge in [0.15, 0.2) is 0 Å². The number of nitrogens with zero attached hydrogens (tertiary/aromatic N) is 4. The molecule has 0 fully saturated rings. The van der Waals surface area contributed by atoms with Crippen LogP contribution >= 0.6 is 11.3 Å². The molecule has 6 nitrogen and oxygen atoms in total. The monoisotopic (exact) mass is 328 g/mol. The van der Waals surface area contributed by atoms with Crippen LogP contribution in [0.25, 0.3) is 21.9 Å². The number of aliphatic carboxylic acids is 1. The molecule has 0 amide bonds. The molecule has 0 aliphatic heterocycles. The van der Waals surface area contributed by atoms with Gasteiger partial charge >= 0.3 is 5.97 Å². The van der Waals surface area contributed by atoms with Gasteiger partial charge in [-0.25, -0.2) is 4.98 Å². The average molecular weight is 328 g/mol. The fraction of sp³-hybridized carbons (Fsp3) is 0.250. The second-order valence-corrected chi connectivity index (χ2v) is 6.04. The van der Waals surface area contributed by atoms with Gasteiger partial charge in [-0.1, -0.05) is 12.1 Å². The predicted molar refractivity (Wildman–Crippen MR) is 90.1 cm³/mol. The summed E-state index contributed by atoms with van der Waals surface area (Å²) in [6.45, 7) is 2.66. The Morgan fingerprint density at radius 3 is 2.87 bits per heavy atom. The number of aromatic nitrogens is 4. The highest BCUT2D eigenvalue weighted by Crippen LogP contribution is 2.30. The number of carboxylic acid groups (broad SMARTS) is 1. The van der Waals surface area contributed by atoms with Crippen LogP contribution in [0.15, 0.2) is 30.5 Å². The van der Waals surface area contributed by atoms with E-state index in [0.29, 0.717) is 18.7 Å². The SMILES string of the molecule is CCn1ncc(/C=C(/CCC(=O)O)c2nc3ccccc3s2)n1. The maximum Gasteiger partial charge on any atom is 0.303 e. The zero-order valence-corrected chi connectivity index (χ0v) is 13.5. The summed E-state index contributed by atoms with van der Waals surface area (Å²) < 4.78 is 1.08. The van der Waals surface area contributed by atoms with E-state index in [4.69, 9.17) is 5.11 Å². The molecule has 1 aromatic carbocycles. The van der Waals surface area contributed by atoms with E-state index in [0.717, 1.165) is 20.8 Å². The Hall–Kier alpha value is -2.54. The Morgan fingerprint density at radius 2 is 2.17 bits per heavy atom. The van der Waals surface area contributed by atoms with Gasteiger partial charge in [-0.15, -0.1) is 11.3 Å². The molecule has 1 N–H and O–H groups in total. The van der Waals surface area contributed by atoms with Crippen molar-refractivity contribution in [3.05, 3.63) is 41.2 Å². The zero-order valence-electron chi connectivity index (χ0n) is 12.6. The van der Waals surface area contributed by atoms with Crippen LogP contribution in [0, 0.1) is 0 Å². The number of benzene rings is 1. The number of rotatable bonds is 6. The second-order valence-electron chi connectivity index (χ2n) is 5.01. The lowest BCUT2D eigenvalue weighted by molar-refractivity contribution is -0.136. The minimum Gasteiger partial charge on any atom is -0.481 e. The minimum absolute atomic E-state index is 0.0592. The number of para-hydroxylation sites is 1. The van der Waals surface area contributed by atoms with Crippen molar-refractivity contribution >= 4 is 39.2 Å². The van der Waals surface area contributed by atoms with Crippen molar-refractivity contribution in [1.82, 2.24) is 20.0 Å². The normalized spacial score (nSPS) is 12.0. The first kappa shape index (κ1) is 15.4. The third kappa shape index (κ3) is 3.62. The largest absolute Gasteiger partial charge is 0.481 e. The standard InChI is InChI=1S/C16H16N4O2S/c1-2-20-17-10-12(19-20)9-11(7-8-15(21)22)16-18-13-5-3-4-6-14(13)23-16/h3-6,9-10H,2,7-8H2,1H3,(H,21,22)/b11-9-. The van der Waals surface area contributed by atoms with Crippen molar-refractivity contribution in [2.45, 2.75) is 26.3 Å². The minimum atomic E-state index is -0.825. The summed E-state index contributed by atoms with van der Waals surface area (Å²) in [5, 5.41) is 18.3. The van der Waals surface area contributed by atoms with E-state index >= 15 is 0 Å². The summed E-state index contributed by atoms with van der Waals surface area (Å²) in [7, 11) is 0. The van der Waals surface area contributed by atoms with E-state index in [1.807, 2.05) is 37.3 Å². The number of carboxylic acids is 1. The van der Waals surface area contributed by atoms with Gasteiger partial charge in [0.05, 0.1) is 23.0 Å². The van der Waals surface area contributed by atoms with Gasteiger partial charge in [-0.3, -0.25) is 4.79 Å². The van der Waals surface area contributed by atoms with Crippen molar-refractivity contribution in [3.63, 3.8) is 0 Å². The molecule has 0 unspecified atom stereocenters. The van der Waals surface area contributed by atoms with Crippen LogP contribution in [0.3, 0.4) is 0 Å². The van der Waals surface area contributed by atoms with Crippen molar-refractivity contribution in [2.75, 3.05) is 0 Å². The number of hydrogen-bond acceptors (Lipinski definition) is 5. The van der Waals surface area contributed by atoms with Crippen molar-refractivity contribution in [2.24, 2.45) is 0 Å². The maximum absolute atomic E-state index is 10.9. The summed E-state index contributed by atoms with van der Waals surface area (Å²) in [6, 6.07) is 7.88. The molecule has 118 valence electrons. The van der Waals surface area contributed by atoms with Crippen LogP contribution in [-0.4, -0.2) is 31.1 Å². The summed E-state index contributed by atoms with van der Waals surface area (Å²) in [5.41, 5.74) is 2.51. The lowest BCUT2D eigenvalue weighted by Crippen LogP contribution is -1.98. The molecule has 0 radical (unpaired) electrons. The molecule has 0 saturated carbocycles. The molecular formula is C16H16N4O2S. The highest BCUT2D eigenvalue weighted by Gasteiger charge is 2.12. The van der Waals surface area contributed by atoms with E-state index < -0.39 is 5.97 Å². The quantitative estimate of drug-likeness (QED) is 0.751. The van der Waals surface area contributed by atoms with Crippen LogP contribution in [0.5, 0.6) is 0 Å². The molecule has 7 heteroatoms. The topological polar surface area (TPSA) is 80.9 Å². The molecular weight excluding hydrogens is 312 g/mol. The van der Waals surface area contributed by atoms with Crippen LogP contribution in [0.2, 0.25) is 0 Å². The Morgan fingerprint density at radius 1 is 1.35 bits per heavy atom. The lowest BCUT2D eigenvalue weighted by Gasteiger charge is -2.01. The molecule has 0 spiro atoms. The Labute approximate surface area is 137 Å². The van der Waals surface area contributed by atoms with Crippen LogP contribution in [0.1, 0.15) is 30.5 Å². The Bertz CT molecular complexity index is 833. The highest BCUT2D eigenvalue weighted by atomic mass is 32.1. The smallest absolute Gasteiger partial charge is 0.303 e. The van der Waals surface area contributed by atoms with Crippen LogP contribution in [-0.2, 0) is 11.3 Å². The number of thiazole rings is 1. The van der Waals surface area contributed by atoms with Crippen LogP contribution in [0.4, 0.5) is 0 Å². The third-order valence-corrected chi connectivity index (χ3v) is 4.45. The van der Waals surface area contributed by atoms with E-state index in [2.05, 4.69) is 15.2 Å². The van der Waals surface area contributed by atoms with Crippen LogP contribution < -0.4 is 0 Å². The first-order valence-corrected chi connectivity index (χ1v) is 8.16. The highest BCUT2D eigenvalue weighted by molar-refractivity contribution is 7.19. The average Bonchev–Trinajstić information content (AvgIpc) is 3.17. The molecule has 2 aromatic heterocycles. The van der Waals surface area contributed by atoms with Gasteiger partial charge in [0.1, 0.15) is 10.7 Å². The molecule has 0 saturated heterocycles. The molecule has 2 heterocycles. The first-order chi connectivity index (χ1) is 11.2.